The lowest BCUT2D eigenvalue weighted by Crippen LogP contribution is -2.59. The molecule has 32 heavy (non-hydrogen) atoms. The number of hydrogen-bond donors (Lipinski definition) is 2. The van der Waals surface area contributed by atoms with Crippen LogP contribution in [0, 0.1) is 5.41 Å². The third-order valence-corrected chi connectivity index (χ3v) is 7.60. The fraction of sp³-hybridized carbons (Fsp3) is 0.462. The second-order valence-corrected chi connectivity index (χ2v) is 9.84. The number of carboxylic acids is 1. The van der Waals surface area contributed by atoms with Crippen LogP contribution in [0.3, 0.4) is 0 Å². The SMILES string of the molecule is CCC1([C@H](NC(=O)OCC2c3ccccc3-c3ccccc32)C(=O)O)CC[N+](C)(C)CC1. The number of aliphatic carboxylic acids is 1. The van der Waals surface area contributed by atoms with Crippen LogP contribution in [0.15, 0.2) is 48.5 Å². The van der Waals surface area contributed by atoms with E-state index in [1.54, 1.807) is 0 Å². The summed E-state index contributed by atoms with van der Waals surface area (Å²) >= 11 is 0. The van der Waals surface area contributed by atoms with E-state index in [2.05, 4.69) is 43.7 Å². The molecule has 2 N–H and O–H groups in total. The Labute approximate surface area is 189 Å². The van der Waals surface area contributed by atoms with Crippen molar-refractivity contribution in [1.82, 2.24) is 5.32 Å². The number of hydrogen-bond acceptors (Lipinski definition) is 3. The number of ether oxygens (including phenoxy) is 1. The van der Waals surface area contributed by atoms with E-state index in [1.807, 2.05) is 31.2 Å². The molecule has 1 heterocycles. The molecule has 1 saturated heterocycles. The summed E-state index contributed by atoms with van der Waals surface area (Å²) in [7, 11) is 4.32. The molecule has 1 aliphatic heterocycles. The van der Waals surface area contributed by atoms with E-state index in [1.165, 1.54) is 0 Å². The second-order valence-electron chi connectivity index (χ2n) is 9.84. The molecule has 1 aliphatic carbocycles. The lowest BCUT2D eigenvalue weighted by atomic mass is 9.70. The molecule has 0 saturated carbocycles. The number of likely N-dealkylation sites (tertiary alicyclic amines) is 1. The summed E-state index contributed by atoms with van der Waals surface area (Å²) in [5.74, 6) is -1.04. The second kappa shape index (κ2) is 8.58. The van der Waals surface area contributed by atoms with Crippen LogP contribution in [0.4, 0.5) is 4.79 Å². The first-order chi connectivity index (χ1) is 15.3. The molecule has 0 aromatic heterocycles. The van der Waals surface area contributed by atoms with Crippen LogP contribution in [0.2, 0.25) is 0 Å². The summed E-state index contributed by atoms with van der Waals surface area (Å²) in [6.07, 6.45) is 1.56. The van der Waals surface area contributed by atoms with Gasteiger partial charge in [-0.05, 0) is 28.7 Å². The number of amides is 1. The smallest absolute Gasteiger partial charge is 0.407 e. The topological polar surface area (TPSA) is 75.6 Å². The summed E-state index contributed by atoms with van der Waals surface area (Å²) in [6, 6.07) is 15.4. The molecule has 6 nitrogen and oxygen atoms in total. The maximum absolute atomic E-state index is 12.8. The third-order valence-electron chi connectivity index (χ3n) is 7.60. The average Bonchev–Trinajstić information content (AvgIpc) is 3.10. The zero-order valence-corrected chi connectivity index (χ0v) is 19.1. The van der Waals surface area contributed by atoms with Crippen molar-refractivity contribution >= 4 is 12.1 Å². The van der Waals surface area contributed by atoms with E-state index in [-0.39, 0.29) is 12.5 Å². The van der Waals surface area contributed by atoms with Gasteiger partial charge in [-0.2, -0.15) is 0 Å². The van der Waals surface area contributed by atoms with Crippen LogP contribution in [-0.2, 0) is 9.53 Å². The zero-order valence-electron chi connectivity index (χ0n) is 19.1. The number of rotatable bonds is 6. The molecular formula is C26H33N2O4+. The minimum Gasteiger partial charge on any atom is -0.480 e. The van der Waals surface area contributed by atoms with E-state index in [4.69, 9.17) is 4.74 Å². The molecule has 0 spiro atoms. The Kier molecular flexibility index (Phi) is 5.99. The molecule has 0 unspecified atom stereocenters. The number of nitrogens with zero attached hydrogens (tertiary/aromatic N) is 1. The van der Waals surface area contributed by atoms with Crippen molar-refractivity contribution < 1.29 is 23.9 Å². The summed E-state index contributed by atoms with van der Waals surface area (Å²) in [5, 5.41) is 12.7. The zero-order chi connectivity index (χ0) is 22.9. The van der Waals surface area contributed by atoms with Crippen molar-refractivity contribution in [2.24, 2.45) is 5.41 Å². The molecule has 2 aliphatic rings. The van der Waals surface area contributed by atoms with Gasteiger partial charge in [-0.1, -0.05) is 55.5 Å². The van der Waals surface area contributed by atoms with E-state index in [9.17, 15) is 14.7 Å². The molecule has 1 atom stereocenters. The number of benzene rings is 2. The quantitative estimate of drug-likeness (QED) is 0.663. The van der Waals surface area contributed by atoms with Crippen LogP contribution < -0.4 is 5.32 Å². The van der Waals surface area contributed by atoms with E-state index in [0.29, 0.717) is 6.42 Å². The molecule has 4 rings (SSSR count). The van der Waals surface area contributed by atoms with Gasteiger partial charge in [-0.3, -0.25) is 0 Å². The monoisotopic (exact) mass is 437 g/mol. The molecule has 1 fully saturated rings. The van der Waals surface area contributed by atoms with Crippen LogP contribution >= 0.6 is 0 Å². The van der Waals surface area contributed by atoms with Crippen molar-refractivity contribution in [2.45, 2.75) is 38.1 Å². The molecule has 6 heteroatoms. The number of carbonyl (C=O) groups is 2. The van der Waals surface area contributed by atoms with Crippen molar-refractivity contribution in [2.75, 3.05) is 33.8 Å². The third kappa shape index (κ3) is 4.11. The lowest BCUT2D eigenvalue weighted by molar-refractivity contribution is -0.897. The number of carboxylic acid groups (broad SMARTS) is 1. The van der Waals surface area contributed by atoms with Crippen molar-refractivity contribution in [3.8, 4) is 11.1 Å². The Morgan fingerprint density at radius 1 is 1.06 bits per heavy atom. The van der Waals surface area contributed by atoms with Crippen LogP contribution in [0.1, 0.15) is 43.2 Å². The minimum atomic E-state index is -0.993. The minimum absolute atomic E-state index is 0.0515. The van der Waals surface area contributed by atoms with Crippen LogP contribution in [0.5, 0.6) is 0 Å². The normalized spacial score (nSPS) is 19.5. The van der Waals surface area contributed by atoms with E-state index >= 15 is 0 Å². The largest absolute Gasteiger partial charge is 0.480 e. The maximum atomic E-state index is 12.8. The highest BCUT2D eigenvalue weighted by atomic mass is 16.5. The van der Waals surface area contributed by atoms with Crippen molar-refractivity contribution in [1.29, 1.82) is 0 Å². The molecule has 0 bridgehead atoms. The lowest BCUT2D eigenvalue weighted by Gasteiger charge is -2.46. The average molecular weight is 438 g/mol. The van der Waals surface area contributed by atoms with Gasteiger partial charge in [0.2, 0.25) is 0 Å². The van der Waals surface area contributed by atoms with Gasteiger partial charge in [-0.25, -0.2) is 9.59 Å². The van der Waals surface area contributed by atoms with Gasteiger partial charge in [0.1, 0.15) is 12.6 Å². The predicted octanol–water partition coefficient (Wildman–Crippen LogP) is 4.24. The van der Waals surface area contributed by atoms with Crippen LogP contribution in [-0.4, -0.2) is 61.5 Å². The molecule has 1 amide bonds. The Balaban J connectivity index is 1.47. The van der Waals surface area contributed by atoms with Gasteiger partial charge in [-0.15, -0.1) is 0 Å². The number of alkyl carbamates (subject to hydrolysis) is 1. The number of carbonyl (C=O) groups excluding carboxylic acids is 1. The number of piperidine rings is 1. The van der Waals surface area contributed by atoms with Crippen molar-refractivity contribution in [3.63, 3.8) is 0 Å². The number of fused-ring (bicyclic) bond motifs is 3. The van der Waals surface area contributed by atoms with Gasteiger partial charge in [0.25, 0.3) is 0 Å². The highest BCUT2D eigenvalue weighted by molar-refractivity contribution is 5.81. The van der Waals surface area contributed by atoms with Gasteiger partial charge < -0.3 is 19.6 Å². The number of quaternary nitrogens is 1. The Morgan fingerprint density at radius 2 is 1.59 bits per heavy atom. The van der Waals surface area contributed by atoms with Gasteiger partial charge >= 0.3 is 12.1 Å². The Hall–Kier alpha value is -2.86. The number of nitrogens with one attached hydrogen (secondary N) is 1. The molecule has 170 valence electrons. The Bertz CT molecular complexity index is 961. The molecule has 0 radical (unpaired) electrons. The maximum Gasteiger partial charge on any atom is 0.407 e. The van der Waals surface area contributed by atoms with Crippen molar-refractivity contribution in [3.05, 3.63) is 59.7 Å². The van der Waals surface area contributed by atoms with E-state index in [0.717, 1.165) is 52.7 Å². The summed E-state index contributed by atoms with van der Waals surface area (Å²) < 4.78 is 6.50. The van der Waals surface area contributed by atoms with E-state index < -0.39 is 23.5 Å². The highest BCUT2D eigenvalue weighted by Crippen LogP contribution is 2.44. The first-order valence-electron chi connectivity index (χ1n) is 11.4. The summed E-state index contributed by atoms with van der Waals surface area (Å²) in [6.45, 7) is 3.98. The van der Waals surface area contributed by atoms with Gasteiger partial charge in [0.05, 0.1) is 27.2 Å². The predicted molar refractivity (Wildman–Crippen MR) is 123 cm³/mol. The summed E-state index contributed by atoms with van der Waals surface area (Å²) in [5.41, 5.74) is 4.13. The first-order valence-corrected chi connectivity index (χ1v) is 11.4. The van der Waals surface area contributed by atoms with Gasteiger partial charge in [0.15, 0.2) is 0 Å². The Morgan fingerprint density at radius 3 is 2.09 bits per heavy atom. The summed E-state index contributed by atoms with van der Waals surface area (Å²) in [4.78, 5) is 24.9. The first kappa shape index (κ1) is 22.3. The molecule has 2 aromatic carbocycles. The fourth-order valence-corrected chi connectivity index (χ4v) is 5.37. The molecule has 2 aromatic rings. The van der Waals surface area contributed by atoms with Crippen LogP contribution in [0.25, 0.3) is 11.1 Å². The molecular weight excluding hydrogens is 404 g/mol. The fourth-order valence-electron chi connectivity index (χ4n) is 5.37. The van der Waals surface area contributed by atoms with Gasteiger partial charge in [0, 0.05) is 24.2 Å². The highest BCUT2D eigenvalue weighted by Gasteiger charge is 2.47. The standard InChI is InChI=1S/C26H32N2O4/c1-4-26(13-15-28(2,3)16-14-26)23(24(29)30)27-25(31)32-17-22-20-11-7-5-9-18(20)19-10-6-8-12-21(19)22/h5-12,22-23H,4,13-17H2,1-3H3,(H-,27,29,30,31)/p+1/t23-/m1/s1.